The van der Waals surface area contributed by atoms with E-state index < -0.39 is 0 Å². The number of likely N-dealkylation sites (N-methyl/N-ethyl adjacent to an activating group) is 1. The molecule has 0 bridgehead atoms. The summed E-state index contributed by atoms with van der Waals surface area (Å²) in [5.41, 5.74) is 1.14. The van der Waals surface area contributed by atoms with E-state index >= 15 is 0 Å². The van der Waals surface area contributed by atoms with Gasteiger partial charge in [-0.25, -0.2) is 0 Å². The lowest BCUT2D eigenvalue weighted by atomic mass is 10.1. The Labute approximate surface area is 109 Å². The van der Waals surface area contributed by atoms with E-state index in [0.717, 1.165) is 24.5 Å². The quantitative estimate of drug-likeness (QED) is 0.878. The highest BCUT2D eigenvalue weighted by Crippen LogP contribution is 2.22. The van der Waals surface area contributed by atoms with Gasteiger partial charge in [0.25, 0.3) is 0 Å². The summed E-state index contributed by atoms with van der Waals surface area (Å²) < 4.78 is 11.5. The van der Waals surface area contributed by atoms with Crippen molar-refractivity contribution >= 4 is 5.69 Å². The Balaban J connectivity index is 2.05. The maximum atomic E-state index is 6.04. The maximum absolute atomic E-state index is 6.04. The van der Waals surface area contributed by atoms with E-state index in [0.29, 0.717) is 12.6 Å². The second kappa shape index (κ2) is 6.07. The Morgan fingerprint density at radius 2 is 2.22 bits per heavy atom. The third-order valence-electron chi connectivity index (χ3n) is 3.30. The van der Waals surface area contributed by atoms with Crippen LogP contribution in [0.4, 0.5) is 5.69 Å². The summed E-state index contributed by atoms with van der Waals surface area (Å²) in [6.45, 7) is 1.46. The van der Waals surface area contributed by atoms with Crippen LogP contribution in [0.3, 0.4) is 0 Å². The third-order valence-corrected chi connectivity index (χ3v) is 3.30. The average Bonchev–Trinajstić information content (AvgIpc) is 2.39. The van der Waals surface area contributed by atoms with Gasteiger partial charge in [0.05, 0.1) is 6.61 Å². The van der Waals surface area contributed by atoms with Gasteiger partial charge in [-0.2, -0.15) is 0 Å². The van der Waals surface area contributed by atoms with Crippen molar-refractivity contribution in [3.05, 3.63) is 24.3 Å². The third kappa shape index (κ3) is 3.15. The van der Waals surface area contributed by atoms with Crippen molar-refractivity contribution in [3.8, 4) is 5.75 Å². The first-order chi connectivity index (χ1) is 8.70. The largest absolute Gasteiger partial charge is 0.486 e. The zero-order chi connectivity index (χ0) is 13.0. The fourth-order valence-corrected chi connectivity index (χ4v) is 2.17. The first-order valence-electron chi connectivity index (χ1n) is 6.40. The highest BCUT2D eigenvalue weighted by atomic mass is 16.5. The van der Waals surface area contributed by atoms with Gasteiger partial charge in [-0.1, -0.05) is 6.07 Å². The molecule has 0 spiro atoms. The molecule has 1 aromatic carbocycles. The SMILES string of the molecule is CNC1CCOCC1Oc1cccc(N(C)C)c1. The van der Waals surface area contributed by atoms with E-state index in [1.54, 1.807) is 0 Å². The Hall–Kier alpha value is -1.26. The molecule has 0 saturated carbocycles. The molecule has 0 amide bonds. The van der Waals surface area contributed by atoms with Gasteiger partial charge in [-0.15, -0.1) is 0 Å². The number of nitrogens with one attached hydrogen (secondary N) is 1. The van der Waals surface area contributed by atoms with Crippen molar-refractivity contribution in [1.29, 1.82) is 0 Å². The Kier molecular flexibility index (Phi) is 4.44. The molecule has 2 atom stereocenters. The summed E-state index contributed by atoms with van der Waals surface area (Å²) in [7, 11) is 6.03. The zero-order valence-electron chi connectivity index (χ0n) is 11.3. The summed E-state index contributed by atoms with van der Waals surface area (Å²) in [6.07, 6.45) is 1.08. The van der Waals surface area contributed by atoms with Crippen LogP contribution in [0.25, 0.3) is 0 Å². The van der Waals surface area contributed by atoms with Crippen LogP contribution in [0.5, 0.6) is 5.75 Å². The van der Waals surface area contributed by atoms with Gasteiger partial charge in [0, 0.05) is 38.5 Å². The number of ether oxygens (including phenoxy) is 2. The van der Waals surface area contributed by atoms with E-state index in [9.17, 15) is 0 Å². The van der Waals surface area contributed by atoms with Crippen molar-refractivity contribution in [2.75, 3.05) is 39.3 Å². The monoisotopic (exact) mass is 250 g/mol. The molecule has 4 nitrogen and oxygen atoms in total. The first kappa shape index (κ1) is 13.2. The fourth-order valence-electron chi connectivity index (χ4n) is 2.17. The molecule has 0 radical (unpaired) electrons. The molecule has 1 N–H and O–H groups in total. The normalized spacial score (nSPS) is 23.7. The van der Waals surface area contributed by atoms with Crippen LogP contribution < -0.4 is 15.0 Å². The molecule has 1 fully saturated rings. The lowest BCUT2D eigenvalue weighted by molar-refractivity contribution is -0.0129. The number of nitrogens with zero attached hydrogens (tertiary/aromatic N) is 1. The fraction of sp³-hybridized carbons (Fsp3) is 0.571. The summed E-state index contributed by atoms with van der Waals surface area (Å²) >= 11 is 0. The second-order valence-corrected chi connectivity index (χ2v) is 4.81. The molecule has 1 aromatic rings. The number of benzene rings is 1. The number of hydrogen-bond acceptors (Lipinski definition) is 4. The lowest BCUT2D eigenvalue weighted by Crippen LogP contribution is -2.48. The Morgan fingerprint density at radius 3 is 2.94 bits per heavy atom. The molecule has 1 heterocycles. The van der Waals surface area contributed by atoms with Crippen molar-refractivity contribution < 1.29 is 9.47 Å². The van der Waals surface area contributed by atoms with Gasteiger partial charge in [-0.3, -0.25) is 0 Å². The van der Waals surface area contributed by atoms with Crippen molar-refractivity contribution in [1.82, 2.24) is 5.32 Å². The number of hydrogen-bond donors (Lipinski definition) is 1. The summed E-state index contributed by atoms with van der Waals surface area (Å²) in [5.74, 6) is 0.900. The molecule has 0 aromatic heterocycles. The average molecular weight is 250 g/mol. The Bertz CT molecular complexity index is 382. The minimum Gasteiger partial charge on any atom is -0.486 e. The molecule has 4 heteroatoms. The van der Waals surface area contributed by atoms with Crippen molar-refractivity contribution in [2.45, 2.75) is 18.6 Å². The van der Waals surface area contributed by atoms with Crippen molar-refractivity contribution in [3.63, 3.8) is 0 Å². The molecule has 2 rings (SSSR count). The summed E-state index contributed by atoms with van der Waals surface area (Å²) in [4.78, 5) is 2.07. The van der Waals surface area contributed by atoms with E-state index in [4.69, 9.17) is 9.47 Å². The van der Waals surface area contributed by atoms with Crippen LogP contribution in [0, 0.1) is 0 Å². The number of anilines is 1. The van der Waals surface area contributed by atoms with Gasteiger partial charge in [0.1, 0.15) is 11.9 Å². The molecule has 2 unspecified atom stereocenters. The molecule has 1 saturated heterocycles. The molecule has 1 aliphatic rings. The van der Waals surface area contributed by atoms with E-state index in [-0.39, 0.29) is 6.10 Å². The van der Waals surface area contributed by atoms with Crippen LogP contribution in [-0.4, -0.2) is 46.5 Å². The molecular formula is C14H22N2O2. The zero-order valence-corrected chi connectivity index (χ0v) is 11.3. The van der Waals surface area contributed by atoms with Gasteiger partial charge in [0.2, 0.25) is 0 Å². The topological polar surface area (TPSA) is 33.7 Å². The van der Waals surface area contributed by atoms with Gasteiger partial charge < -0.3 is 19.7 Å². The van der Waals surface area contributed by atoms with Crippen LogP contribution in [0.2, 0.25) is 0 Å². The van der Waals surface area contributed by atoms with Gasteiger partial charge >= 0.3 is 0 Å². The van der Waals surface area contributed by atoms with Crippen molar-refractivity contribution in [2.24, 2.45) is 0 Å². The van der Waals surface area contributed by atoms with Gasteiger partial charge in [0.15, 0.2) is 0 Å². The minimum atomic E-state index is 0.0844. The molecule has 0 aliphatic carbocycles. The molecule has 18 heavy (non-hydrogen) atoms. The highest BCUT2D eigenvalue weighted by Gasteiger charge is 2.26. The first-order valence-corrected chi connectivity index (χ1v) is 6.40. The maximum Gasteiger partial charge on any atom is 0.137 e. The molecule has 1 aliphatic heterocycles. The van der Waals surface area contributed by atoms with Gasteiger partial charge in [-0.05, 0) is 25.6 Å². The number of rotatable bonds is 4. The van der Waals surface area contributed by atoms with E-state index in [1.807, 2.05) is 33.3 Å². The smallest absolute Gasteiger partial charge is 0.137 e. The minimum absolute atomic E-state index is 0.0844. The Morgan fingerprint density at radius 1 is 1.39 bits per heavy atom. The predicted octanol–water partition coefficient (Wildman–Crippen LogP) is 1.51. The van der Waals surface area contributed by atoms with E-state index in [1.165, 1.54) is 0 Å². The van der Waals surface area contributed by atoms with Crippen LogP contribution >= 0.6 is 0 Å². The molecular weight excluding hydrogens is 228 g/mol. The van der Waals surface area contributed by atoms with E-state index in [2.05, 4.69) is 22.3 Å². The van der Waals surface area contributed by atoms with Crippen LogP contribution in [0.15, 0.2) is 24.3 Å². The summed E-state index contributed by atoms with van der Waals surface area (Å²) in [5, 5.41) is 3.30. The molecule has 100 valence electrons. The predicted molar refractivity (Wildman–Crippen MR) is 73.5 cm³/mol. The van der Waals surface area contributed by atoms with Crippen LogP contribution in [0.1, 0.15) is 6.42 Å². The van der Waals surface area contributed by atoms with Crippen LogP contribution in [-0.2, 0) is 4.74 Å². The lowest BCUT2D eigenvalue weighted by Gasteiger charge is -2.31. The highest BCUT2D eigenvalue weighted by molar-refractivity contribution is 5.49. The standard InChI is InChI=1S/C14H22N2O2/c1-15-13-7-8-17-10-14(13)18-12-6-4-5-11(9-12)16(2)3/h4-6,9,13-15H,7-8,10H2,1-3H3. The second-order valence-electron chi connectivity index (χ2n) is 4.81. The summed E-state index contributed by atoms with van der Waals surface area (Å²) in [6, 6.07) is 8.50.